The largest absolute Gasteiger partial charge is 0.454 e. The van der Waals surface area contributed by atoms with Gasteiger partial charge in [-0.25, -0.2) is 4.98 Å². The van der Waals surface area contributed by atoms with Crippen LogP contribution in [0, 0.1) is 5.92 Å². The molecule has 2 atom stereocenters. The zero-order valence-electron chi connectivity index (χ0n) is 17.2. The van der Waals surface area contributed by atoms with Gasteiger partial charge in [-0.05, 0) is 36.6 Å². The number of piperidine rings is 1. The zero-order chi connectivity index (χ0) is 21.1. The fourth-order valence-electron chi connectivity index (χ4n) is 5.18. The van der Waals surface area contributed by atoms with E-state index in [1.165, 1.54) is 0 Å². The summed E-state index contributed by atoms with van der Waals surface area (Å²) in [6, 6.07) is 9.31. The Morgan fingerprint density at radius 1 is 1.13 bits per heavy atom. The lowest BCUT2D eigenvalue weighted by Gasteiger charge is -2.43. The molecule has 0 aliphatic carbocycles. The maximum atomic E-state index is 13.3. The smallest absolute Gasteiger partial charge is 0.261 e. The van der Waals surface area contributed by atoms with Gasteiger partial charge in [-0.15, -0.1) is 0 Å². The van der Waals surface area contributed by atoms with Gasteiger partial charge in [0.2, 0.25) is 6.79 Å². The van der Waals surface area contributed by atoms with Crippen LogP contribution < -0.4 is 15.0 Å². The molecule has 1 aromatic carbocycles. The van der Waals surface area contributed by atoms with Crippen molar-refractivity contribution >= 4 is 5.91 Å². The summed E-state index contributed by atoms with van der Waals surface area (Å²) in [4.78, 5) is 32.8. The van der Waals surface area contributed by atoms with E-state index in [0.29, 0.717) is 48.1 Å². The Bertz CT molecular complexity index is 1260. The summed E-state index contributed by atoms with van der Waals surface area (Å²) in [5.74, 6) is 2.14. The van der Waals surface area contributed by atoms with E-state index < -0.39 is 0 Å². The molecule has 6 rings (SSSR count). The molecule has 3 aliphatic heterocycles. The quantitative estimate of drug-likeness (QED) is 0.638. The summed E-state index contributed by atoms with van der Waals surface area (Å²) in [5.41, 5.74) is 2.14. The third kappa shape index (κ3) is 2.78. The van der Waals surface area contributed by atoms with Crippen molar-refractivity contribution in [2.75, 3.05) is 19.9 Å². The molecule has 8 nitrogen and oxygen atoms in total. The second kappa shape index (κ2) is 6.73. The first kappa shape index (κ1) is 18.2. The van der Waals surface area contributed by atoms with Gasteiger partial charge in [0.05, 0.1) is 11.1 Å². The number of ether oxygens (including phenoxy) is 2. The molecule has 0 unspecified atom stereocenters. The molecule has 5 heterocycles. The Balaban J connectivity index is 1.33. The van der Waals surface area contributed by atoms with Gasteiger partial charge >= 0.3 is 0 Å². The number of benzene rings is 1. The summed E-state index contributed by atoms with van der Waals surface area (Å²) < 4.78 is 14.7. The van der Waals surface area contributed by atoms with Crippen molar-refractivity contribution in [2.45, 2.75) is 18.9 Å². The third-order valence-corrected chi connectivity index (χ3v) is 6.58. The summed E-state index contributed by atoms with van der Waals surface area (Å²) in [6.07, 6.45) is 4.52. The molecular weight excluding hydrogens is 396 g/mol. The number of para-hydroxylation sites is 1. The molecule has 1 amide bonds. The Labute approximate surface area is 178 Å². The Morgan fingerprint density at radius 2 is 2.03 bits per heavy atom. The van der Waals surface area contributed by atoms with Gasteiger partial charge in [-0.2, -0.15) is 0 Å². The van der Waals surface area contributed by atoms with Gasteiger partial charge in [0.15, 0.2) is 11.5 Å². The molecule has 3 aromatic rings. The van der Waals surface area contributed by atoms with E-state index >= 15 is 0 Å². The van der Waals surface area contributed by atoms with E-state index in [1.807, 2.05) is 51.5 Å². The molecule has 0 spiro atoms. The predicted octanol–water partition coefficient (Wildman–Crippen LogP) is 2.24. The van der Waals surface area contributed by atoms with Gasteiger partial charge in [-0.1, -0.05) is 6.07 Å². The Kier molecular flexibility index (Phi) is 3.96. The summed E-state index contributed by atoms with van der Waals surface area (Å²) in [6.45, 7) is 1.96. The normalized spacial score (nSPS) is 21.1. The average molecular weight is 418 g/mol. The number of carbonyl (C=O) groups is 1. The second-order valence-corrected chi connectivity index (χ2v) is 8.50. The molecule has 31 heavy (non-hydrogen) atoms. The highest BCUT2D eigenvalue weighted by atomic mass is 16.7. The van der Waals surface area contributed by atoms with Crippen molar-refractivity contribution in [3.63, 3.8) is 0 Å². The SMILES string of the molecule is Cn1ccnc1-c1ccc2n(c1=O)C[C@H]1C[C@@H]2CN(C(=O)c2cccc3c2OCO3)C1. The average Bonchev–Trinajstić information content (AvgIpc) is 3.42. The Morgan fingerprint density at radius 3 is 2.87 bits per heavy atom. The molecule has 0 radical (unpaired) electrons. The van der Waals surface area contributed by atoms with Crippen LogP contribution in [0.3, 0.4) is 0 Å². The van der Waals surface area contributed by atoms with Crippen molar-refractivity contribution in [3.05, 3.63) is 64.3 Å². The lowest BCUT2D eigenvalue weighted by molar-refractivity contribution is 0.0590. The number of likely N-dealkylation sites (tertiary alicyclic amines) is 1. The highest BCUT2D eigenvalue weighted by Crippen LogP contribution is 2.39. The monoisotopic (exact) mass is 418 g/mol. The van der Waals surface area contributed by atoms with Crippen molar-refractivity contribution in [2.24, 2.45) is 13.0 Å². The van der Waals surface area contributed by atoms with Crippen LogP contribution in [0.2, 0.25) is 0 Å². The van der Waals surface area contributed by atoms with Gasteiger partial charge in [0.1, 0.15) is 5.82 Å². The number of carbonyl (C=O) groups excluding carboxylic acids is 1. The van der Waals surface area contributed by atoms with Crippen molar-refractivity contribution in [3.8, 4) is 22.9 Å². The standard InChI is InChI=1S/C23H22N4O4/c1-25-8-7-24-21(25)17-5-6-18-15-9-14(11-27(18)23(17)29)10-26(12-15)22(28)16-3-2-4-19-20(16)31-13-30-19/h2-8,14-15H,9-13H2,1H3/t14-,15+/m0/s1. The number of imidazole rings is 1. The lowest BCUT2D eigenvalue weighted by atomic mass is 9.82. The van der Waals surface area contributed by atoms with Crippen molar-refractivity contribution < 1.29 is 14.3 Å². The molecule has 3 aliphatic rings. The number of fused-ring (bicyclic) bond motifs is 5. The van der Waals surface area contributed by atoms with Crippen LogP contribution in [0.15, 0.2) is 47.5 Å². The molecule has 0 N–H and O–H groups in total. The number of rotatable bonds is 2. The van der Waals surface area contributed by atoms with E-state index in [1.54, 1.807) is 12.3 Å². The minimum Gasteiger partial charge on any atom is -0.454 e. The fourth-order valence-corrected chi connectivity index (χ4v) is 5.18. The van der Waals surface area contributed by atoms with Crippen LogP contribution in [-0.2, 0) is 13.6 Å². The molecule has 1 saturated heterocycles. The minimum absolute atomic E-state index is 0.00676. The maximum absolute atomic E-state index is 13.3. The van der Waals surface area contributed by atoms with Crippen LogP contribution in [0.1, 0.15) is 28.4 Å². The van der Waals surface area contributed by atoms with Gasteiger partial charge in [-0.3, -0.25) is 9.59 Å². The zero-order valence-corrected chi connectivity index (χ0v) is 17.2. The third-order valence-electron chi connectivity index (χ3n) is 6.58. The lowest BCUT2D eigenvalue weighted by Crippen LogP contribution is -2.49. The van der Waals surface area contributed by atoms with Crippen LogP contribution >= 0.6 is 0 Å². The summed E-state index contributed by atoms with van der Waals surface area (Å²) in [7, 11) is 1.89. The first-order valence-electron chi connectivity index (χ1n) is 10.5. The molecule has 2 aromatic heterocycles. The highest BCUT2D eigenvalue weighted by molar-refractivity contribution is 5.98. The van der Waals surface area contributed by atoms with E-state index in [9.17, 15) is 9.59 Å². The highest BCUT2D eigenvalue weighted by Gasteiger charge is 2.38. The molecule has 158 valence electrons. The second-order valence-electron chi connectivity index (χ2n) is 8.50. The molecule has 8 heteroatoms. The number of nitrogens with zero attached hydrogens (tertiary/aromatic N) is 4. The first-order chi connectivity index (χ1) is 15.1. The number of aryl methyl sites for hydroxylation is 1. The number of amides is 1. The number of pyridine rings is 1. The van der Waals surface area contributed by atoms with E-state index in [-0.39, 0.29) is 30.1 Å². The van der Waals surface area contributed by atoms with Gasteiger partial charge < -0.3 is 23.5 Å². The molecule has 2 bridgehead atoms. The topological polar surface area (TPSA) is 78.6 Å². The summed E-state index contributed by atoms with van der Waals surface area (Å²) >= 11 is 0. The first-order valence-corrected chi connectivity index (χ1v) is 10.5. The predicted molar refractivity (Wildman–Crippen MR) is 112 cm³/mol. The molecular formula is C23H22N4O4. The minimum atomic E-state index is -0.0440. The summed E-state index contributed by atoms with van der Waals surface area (Å²) in [5, 5.41) is 0. The molecule has 1 fully saturated rings. The van der Waals surface area contributed by atoms with Crippen LogP contribution in [0.4, 0.5) is 0 Å². The van der Waals surface area contributed by atoms with E-state index in [0.717, 1.165) is 12.1 Å². The number of aromatic nitrogens is 3. The van der Waals surface area contributed by atoms with Crippen LogP contribution in [0.25, 0.3) is 11.4 Å². The number of hydrogen-bond acceptors (Lipinski definition) is 5. The molecule has 0 saturated carbocycles. The van der Waals surface area contributed by atoms with Crippen molar-refractivity contribution in [1.82, 2.24) is 19.0 Å². The fraction of sp³-hybridized carbons (Fsp3) is 0.348. The van der Waals surface area contributed by atoms with Gasteiger partial charge in [0, 0.05) is 50.7 Å². The Hall–Kier alpha value is -3.55. The maximum Gasteiger partial charge on any atom is 0.261 e. The van der Waals surface area contributed by atoms with Crippen LogP contribution in [0.5, 0.6) is 11.5 Å². The van der Waals surface area contributed by atoms with Gasteiger partial charge in [0.25, 0.3) is 11.5 Å². The van der Waals surface area contributed by atoms with Crippen LogP contribution in [-0.4, -0.2) is 44.8 Å². The van der Waals surface area contributed by atoms with Crippen molar-refractivity contribution in [1.29, 1.82) is 0 Å². The van der Waals surface area contributed by atoms with E-state index in [2.05, 4.69) is 4.98 Å². The number of hydrogen-bond donors (Lipinski definition) is 0. The van der Waals surface area contributed by atoms with E-state index in [4.69, 9.17) is 9.47 Å².